The fourth-order valence-electron chi connectivity index (χ4n) is 3.65. The molecular formula is C26H29NO5. The Morgan fingerprint density at radius 1 is 0.781 bits per heavy atom. The average molecular weight is 436 g/mol. The summed E-state index contributed by atoms with van der Waals surface area (Å²) in [6.45, 7) is 0.482. The first kappa shape index (κ1) is 23.0. The van der Waals surface area contributed by atoms with Crippen molar-refractivity contribution < 1.29 is 23.7 Å². The van der Waals surface area contributed by atoms with Crippen molar-refractivity contribution in [3.05, 3.63) is 71.8 Å². The van der Waals surface area contributed by atoms with Gasteiger partial charge in [-0.3, -0.25) is 4.79 Å². The Morgan fingerprint density at radius 3 is 2.16 bits per heavy atom. The second-order valence-corrected chi connectivity index (χ2v) is 7.17. The van der Waals surface area contributed by atoms with E-state index >= 15 is 0 Å². The number of ether oxygens (including phenoxy) is 4. The molecule has 0 saturated heterocycles. The minimum atomic E-state index is -0.0657. The number of benzene rings is 3. The summed E-state index contributed by atoms with van der Waals surface area (Å²) >= 11 is 0. The van der Waals surface area contributed by atoms with Crippen LogP contribution in [-0.4, -0.2) is 40.9 Å². The molecule has 0 aliphatic rings. The molecule has 1 amide bonds. The van der Waals surface area contributed by atoms with Crippen LogP contribution in [0.4, 0.5) is 0 Å². The Hall–Kier alpha value is -3.67. The maximum absolute atomic E-state index is 12.4. The molecule has 32 heavy (non-hydrogen) atoms. The number of carbonyl (C=O) groups is 1. The highest BCUT2D eigenvalue weighted by Gasteiger charge is 2.16. The molecule has 0 saturated carbocycles. The fourth-order valence-corrected chi connectivity index (χ4v) is 3.65. The summed E-state index contributed by atoms with van der Waals surface area (Å²) in [4.78, 5) is 12.4. The largest absolute Gasteiger partial charge is 0.493 e. The highest BCUT2D eigenvalue weighted by atomic mass is 16.5. The quantitative estimate of drug-likeness (QED) is 0.515. The van der Waals surface area contributed by atoms with Gasteiger partial charge in [-0.25, -0.2) is 0 Å². The molecule has 6 nitrogen and oxygen atoms in total. The highest BCUT2D eigenvalue weighted by molar-refractivity contribution is 5.79. The minimum Gasteiger partial charge on any atom is -0.493 e. The van der Waals surface area contributed by atoms with Crippen molar-refractivity contribution in [3.63, 3.8) is 0 Å². The van der Waals surface area contributed by atoms with Crippen LogP contribution >= 0.6 is 0 Å². The standard InChI is InChI=1S/C26H29NO5/c1-29-22-13-10-18(16-23(22)30-2)17-24(28)27-15-14-20-11-12-21(19-8-6-5-7-9-19)26(32-4)25(20)31-3/h5-13,16H,14-15,17H2,1-4H3,(H,27,28). The van der Waals surface area contributed by atoms with E-state index in [1.807, 2.05) is 54.6 Å². The second kappa shape index (κ2) is 11.1. The van der Waals surface area contributed by atoms with Gasteiger partial charge in [-0.15, -0.1) is 0 Å². The van der Waals surface area contributed by atoms with Crippen molar-refractivity contribution >= 4 is 5.91 Å². The summed E-state index contributed by atoms with van der Waals surface area (Å²) in [6, 6.07) is 19.5. The van der Waals surface area contributed by atoms with Crippen LogP contribution in [0.3, 0.4) is 0 Å². The lowest BCUT2D eigenvalue weighted by molar-refractivity contribution is -0.120. The van der Waals surface area contributed by atoms with Crippen LogP contribution in [0, 0.1) is 0 Å². The lowest BCUT2D eigenvalue weighted by atomic mass is 10.00. The minimum absolute atomic E-state index is 0.0657. The zero-order chi connectivity index (χ0) is 22.9. The number of rotatable bonds is 10. The Bertz CT molecular complexity index is 1050. The number of nitrogens with one attached hydrogen (secondary N) is 1. The summed E-state index contributed by atoms with van der Waals surface area (Å²) in [5, 5.41) is 2.97. The van der Waals surface area contributed by atoms with E-state index in [0.717, 1.165) is 22.3 Å². The molecule has 168 valence electrons. The van der Waals surface area contributed by atoms with Gasteiger partial charge in [0.05, 0.1) is 34.9 Å². The number of carbonyl (C=O) groups excluding carboxylic acids is 1. The molecule has 0 heterocycles. The number of methoxy groups -OCH3 is 4. The molecule has 6 heteroatoms. The Morgan fingerprint density at radius 2 is 1.50 bits per heavy atom. The molecule has 0 atom stereocenters. The molecule has 0 bridgehead atoms. The van der Waals surface area contributed by atoms with Gasteiger partial charge in [0.25, 0.3) is 0 Å². The second-order valence-electron chi connectivity index (χ2n) is 7.17. The predicted octanol–water partition coefficient (Wildman–Crippen LogP) is 4.29. The summed E-state index contributed by atoms with van der Waals surface area (Å²) in [6.07, 6.45) is 0.875. The maximum Gasteiger partial charge on any atom is 0.224 e. The lowest BCUT2D eigenvalue weighted by Crippen LogP contribution is -2.27. The van der Waals surface area contributed by atoms with Gasteiger partial charge >= 0.3 is 0 Å². The van der Waals surface area contributed by atoms with E-state index < -0.39 is 0 Å². The summed E-state index contributed by atoms with van der Waals surface area (Å²) in [5.74, 6) is 2.55. The SMILES string of the molecule is COc1ccc(CC(=O)NCCc2ccc(-c3ccccc3)c(OC)c2OC)cc1OC. The molecule has 3 rings (SSSR count). The van der Waals surface area contributed by atoms with Crippen molar-refractivity contribution in [1.29, 1.82) is 0 Å². The van der Waals surface area contributed by atoms with E-state index in [2.05, 4.69) is 5.32 Å². The Labute approximate surface area is 189 Å². The van der Waals surface area contributed by atoms with Crippen molar-refractivity contribution in [2.45, 2.75) is 12.8 Å². The van der Waals surface area contributed by atoms with E-state index in [0.29, 0.717) is 36.0 Å². The molecular weight excluding hydrogens is 406 g/mol. The van der Waals surface area contributed by atoms with Gasteiger partial charge in [0.1, 0.15) is 0 Å². The van der Waals surface area contributed by atoms with Crippen LogP contribution in [0.1, 0.15) is 11.1 Å². The van der Waals surface area contributed by atoms with E-state index in [9.17, 15) is 4.79 Å². The predicted molar refractivity (Wildman–Crippen MR) is 125 cm³/mol. The summed E-state index contributed by atoms with van der Waals surface area (Å²) < 4.78 is 21.9. The number of hydrogen-bond acceptors (Lipinski definition) is 5. The number of hydrogen-bond donors (Lipinski definition) is 1. The van der Waals surface area contributed by atoms with Gasteiger partial charge in [0.2, 0.25) is 5.91 Å². The van der Waals surface area contributed by atoms with Crippen LogP contribution in [0.15, 0.2) is 60.7 Å². The third-order valence-corrected chi connectivity index (χ3v) is 5.22. The first-order valence-corrected chi connectivity index (χ1v) is 10.4. The van der Waals surface area contributed by atoms with Gasteiger partial charge in [-0.1, -0.05) is 48.5 Å². The van der Waals surface area contributed by atoms with E-state index in [1.165, 1.54) is 0 Å². The van der Waals surface area contributed by atoms with Crippen molar-refractivity contribution in [2.24, 2.45) is 0 Å². The van der Waals surface area contributed by atoms with Crippen LogP contribution in [0.5, 0.6) is 23.0 Å². The van der Waals surface area contributed by atoms with Gasteiger partial charge in [0.15, 0.2) is 23.0 Å². The third-order valence-electron chi connectivity index (χ3n) is 5.22. The zero-order valence-corrected chi connectivity index (χ0v) is 18.9. The smallest absolute Gasteiger partial charge is 0.224 e. The highest BCUT2D eigenvalue weighted by Crippen LogP contribution is 2.40. The molecule has 0 aromatic heterocycles. The lowest BCUT2D eigenvalue weighted by Gasteiger charge is -2.17. The van der Waals surface area contributed by atoms with Crippen molar-refractivity contribution in [3.8, 4) is 34.1 Å². The average Bonchev–Trinajstić information content (AvgIpc) is 2.83. The van der Waals surface area contributed by atoms with E-state index in [-0.39, 0.29) is 12.3 Å². The van der Waals surface area contributed by atoms with Gasteiger partial charge in [0, 0.05) is 12.1 Å². The first-order valence-electron chi connectivity index (χ1n) is 10.4. The van der Waals surface area contributed by atoms with Crippen molar-refractivity contribution in [2.75, 3.05) is 35.0 Å². The molecule has 0 aliphatic carbocycles. The van der Waals surface area contributed by atoms with Crippen LogP contribution in [0.2, 0.25) is 0 Å². The first-order chi connectivity index (χ1) is 15.6. The third kappa shape index (κ3) is 5.32. The molecule has 1 N–H and O–H groups in total. The molecule has 0 radical (unpaired) electrons. The van der Waals surface area contributed by atoms with Crippen LogP contribution < -0.4 is 24.3 Å². The molecule has 0 unspecified atom stereocenters. The van der Waals surface area contributed by atoms with Crippen molar-refractivity contribution in [1.82, 2.24) is 5.32 Å². The van der Waals surface area contributed by atoms with Gasteiger partial charge in [-0.2, -0.15) is 0 Å². The van der Waals surface area contributed by atoms with Crippen LogP contribution in [0.25, 0.3) is 11.1 Å². The van der Waals surface area contributed by atoms with E-state index in [4.69, 9.17) is 18.9 Å². The maximum atomic E-state index is 12.4. The monoisotopic (exact) mass is 435 g/mol. The Balaban J connectivity index is 1.66. The summed E-state index contributed by atoms with van der Waals surface area (Å²) in [7, 11) is 6.43. The van der Waals surface area contributed by atoms with Gasteiger partial charge < -0.3 is 24.3 Å². The Kier molecular flexibility index (Phi) is 7.97. The number of amides is 1. The summed E-state index contributed by atoms with van der Waals surface area (Å²) in [5.41, 5.74) is 3.84. The van der Waals surface area contributed by atoms with Crippen LogP contribution in [-0.2, 0) is 17.6 Å². The fraction of sp³-hybridized carbons (Fsp3) is 0.269. The molecule has 3 aromatic rings. The van der Waals surface area contributed by atoms with E-state index in [1.54, 1.807) is 34.5 Å². The molecule has 3 aromatic carbocycles. The topological polar surface area (TPSA) is 66.0 Å². The molecule has 0 aliphatic heterocycles. The molecule has 0 spiro atoms. The normalized spacial score (nSPS) is 10.4. The molecule has 0 fully saturated rings. The zero-order valence-electron chi connectivity index (χ0n) is 18.9. The van der Waals surface area contributed by atoms with Gasteiger partial charge in [-0.05, 0) is 35.2 Å².